The highest BCUT2D eigenvalue weighted by atomic mass is 19.1. The third kappa shape index (κ3) is 4.67. The fourth-order valence-corrected chi connectivity index (χ4v) is 4.49. The number of hydrogen-bond acceptors (Lipinski definition) is 6. The van der Waals surface area contributed by atoms with E-state index in [0.29, 0.717) is 43.6 Å². The van der Waals surface area contributed by atoms with Gasteiger partial charge in [0.1, 0.15) is 17.6 Å². The van der Waals surface area contributed by atoms with Crippen LogP contribution in [0.4, 0.5) is 19.0 Å². The molecule has 0 bridgehead atoms. The molecule has 0 spiro atoms. The summed E-state index contributed by atoms with van der Waals surface area (Å²) in [5, 5.41) is 4.23. The van der Waals surface area contributed by atoms with Crippen molar-refractivity contribution in [2.24, 2.45) is 7.05 Å². The second-order valence-electron chi connectivity index (χ2n) is 8.86. The molecule has 2 aliphatic heterocycles. The van der Waals surface area contributed by atoms with Gasteiger partial charge in [0.25, 0.3) is 0 Å². The maximum absolute atomic E-state index is 15.2. The van der Waals surface area contributed by atoms with Crippen molar-refractivity contribution in [1.29, 1.82) is 0 Å². The zero-order valence-corrected chi connectivity index (χ0v) is 19.4. The van der Waals surface area contributed by atoms with E-state index in [9.17, 15) is 13.6 Å². The van der Waals surface area contributed by atoms with Crippen molar-refractivity contribution in [2.45, 2.75) is 38.6 Å². The predicted molar refractivity (Wildman–Crippen MR) is 122 cm³/mol. The van der Waals surface area contributed by atoms with Crippen molar-refractivity contribution < 1.29 is 22.7 Å². The van der Waals surface area contributed by atoms with Crippen LogP contribution in [0, 0.1) is 11.6 Å². The van der Waals surface area contributed by atoms with Crippen LogP contribution in [0.5, 0.6) is 5.75 Å². The zero-order valence-electron chi connectivity index (χ0n) is 19.4. The molecule has 3 aromatic rings. The molecule has 0 aliphatic carbocycles. The molecule has 1 fully saturated rings. The number of alkyl halides is 1. The Hall–Kier alpha value is -3.63. The lowest BCUT2D eigenvalue weighted by molar-refractivity contribution is -0.129. The molecule has 0 saturated carbocycles. The van der Waals surface area contributed by atoms with Gasteiger partial charge in [-0.05, 0) is 12.1 Å². The number of ether oxygens (including phenoxy) is 1. The highest BCUT2D eigenvalue weighted by molar-refractivity contribution is 5.74. The third-order valence-corrected chi connectivity index (χ3v) is 6.37. The fourth-order valence-electron chi connectivity index (χ4n) is 4.49. The van der Waals surface area contributed by atoms with Crippen molar-refractivity contribution in [3.8, 4) is 17.0 Å². The fraction of sp³-hybridized carbons (Fsp3) is 0.417. The molecule has 2 aliphatic rings. The summed E-state index contributed by atoms with van der Waals surface area (Å²) in [6, 6.07) is 2.97. The molecule has 0 N–H and O–H groups in total. The molecule has 5 rings (SSSR count). The monoisotopic (exact) mass is 486 g/mol. The predicted octanol–water partition coefficient (Wildman–Crippen LogP) is 3.06. The van der Waals surface area contributed by atoms with Gasteiger partial charge in [0.15, 0.2) is 23.6 Å². The van der Waals surface area contributed by atoms with E-state index in [-0.39, 0.29) is 24.6 Å². The van der Waals surface area contributed by atoms with Gasteiger partial charge in [-0.1, -0.05) is 0 Å². The van der Waals surface area contributed by atoms with Crippen LogP contribution in [0.25, 0.3) is 11.3 Å². The third-order valence-electron chi connectivity index (χ3n) is 6.37. The van der Waals surface area contributed by atoms with E-state index >= 15 is 4.39 Å². The summed E-state index contributed by atoms with van der Waals surface area (Å²) in [6.45, 7) is 2.84. The van der Waals surface area contributed by atoms with E-state index in [2.05, 4.69) is 5.10 Å². The molecule has 0 unspecified atom stereocenters. The second kappa shape index (κ2) is 9.20. The molecule has 35 heavy (non-hydrogen) atoms. The van der Waals surface area contributed by atoms with Crippen LogP contribution < -0.4 is 9.64 Å². The number of halogens is 3. The molecule has 1 saturated heterocycles. The molecular formula is C24H25F3N6O2. The lowest BCUT2D eigenvalue weighted by Crippen LogP contribution is -2.48. The average molecular weight is 486 g/mol. The lowest BCUT2D eigenvalue weighted by Gasteiger charge is -2.36. The number of aryl methyl sites for hydroxylation is 1. The summed E-state index contributed by atoms with van der Waals surface area (Å²) < 4.78 is 49.6. The van der Waals surface area contributed by atoms with Gasteiger partial charge < -0.3 is 14.5 Å². The zero-order chi connectivity index (χ0) is 24.7. The highest BCUT2D eigenvalue weighted by Crippen LogP contribution is 2.33. The maximum atomic E-state index is 15.2. The van der Waals surface area contributed by atoms with Gasteiger partial charge in [0.05, 0.1) is 30.7 Å². The molecule has 2 aromatic heterocycles. The molecule has 1 aromatic carbocycles. The first kappa shape index (κ1) is 23.1. The molecule has 11 heteroatoms. The molecular weight excluding hydrogens is 461 g/mol. The average Bonchev–Trinajstić information content (AvgIpc) is 3.26. The van der Waals surface area contributed by atoms with Crippen LogP contribution in [0.2, 0.25) is 0 Å². The summed E-state index contributed by atoms with van der Waals surface area (Å²) in [4.78, 5) is 25.1. The van der Waals surface area contributed by atoms with Crippen molar-refractivity contribution >= 4 is 11.7 Å². The van der Waals surface area contributed by atoms with E-state index in [4.69, 9.17) is 14.7 Å². The molecule has 8 nitrogen and oxygen atoms in total. The lowest BCUT2D eigenvalue weighted by atomic mass is 10.0. The van der Waals surface area contributed by atoms with Crippen LogP contribution in [0.15, 0.2) is 30.6 Å². The van der Waals surface area contributed by atoms with Crippen LogP contribution >= 0.6 is 0 Å². The van der Waals surface area contributed by atoms with Crippen molar-refractivity contribution in [2.75, 3.05) is 24.5 Å². The summed E-state index contributed by atoms with van der Waals surface area (Å²) >= 11 is 0. The van der Waals surface area contributed by atoms with Crippen LogP contribution in [-0.2, 0) is 24.8 Å². The second-order valence-corrected chi connectivity index (χ2v) is 8.86. The number of anilines is 1. The number of aromatic nitrogens is 4. The maximum Gasteiger partial charge on any atom is 0.219 e. The summed E-state index contributed by atoms with van der Waals surface area (Å²) in [7, 11) is 1.79. The number of benzene rings is 1. The van der Waals surface area contributed by atoms with Gasteiger partial charge in [0, 0.05) is 57.7 Å². The number of rotatable bonds is 4. The minimum absolute atomic E-state index is 0.0201. The summed E-state index contributed by atoms with van der Waals surface area (Å²) in [6.07, 6.45) is 2.02. The number of amides is 1. The Balaban J connectivity index is 1.42. The van der Waals surface area contributed by atoms with Crippen molar-refractivity contribution in [3.05, 3.63) is 53.6 Å². The standard InChI is InChI=1S/C24H25F3N6O2/c1-14(34)32-7-5-19-20(13-32)29-23(15-10-28-31(2)11-15)24(30-19)33-8-6-22(18(27)12-33)35-21-4-3-16(25)9-17(21)26/h3-4,9-11,18,22H,5-8,12-13H2,1-2H3/t18-,22+/m1/s1. The quantitative estimate of drug-likeness (QED) is 0.564. The van der Waals surface area contributed by atoms with Gasteiger partial charge in [-0.2, -0.15) is 5.10 Å². The van der Waals surface area contributed by atoms with Crippen LogP contribution in [0.1, 0.15) is 24.7 Å². The Morgan fingerprint density at radius 3 is 2.69 bits per heavy atom. The first-order valence-electron chi connectivity index (χ1n) is 11.4. The largest absolute Gasteiger partial charge is 0.484 e. The van der Waals surface area contributed by atoms with Crippen LogP contribution in [-0.4, -0.2) is 62.5 Å². The first-order chi connectivity index (χ1) is 16.8. The number of carbonyl (C=O) groups excluding carboxylic acids is 1. The van der Waals surface area contributed by atoms with E-state index in [1.807, 2.05) is 11.1 Å². The molecule has 2 atom stereocenters. The van der Waals surface area contributed by atoms with Gasteiger partial charge in [-0.25, -0.2) is 23.1 Å². The highest BCUT2D eigenvalue weighted by Gasteiger charge is 2.34. The summed E-state index contributed by atoms with van der Waals surface area (Å²) in [5.41, 5.74) is 2.81. The van der Waals surface area contributed by atoms with Gasteiger partial charge in [-0.15, -0.1) is 0 Å². The van der Waals surface area contributed by atoms with Crippen molar-refractivity contribution in [3.63, 3.8) is 0 Å². The van der Waals surface area contributed by atoms with Gasteiger partial charge in [0.2, 0.25) is 5.91 Å². The number of hydrogen-bond donors (Lipinski definition) is 0. The molecule has 1 amide bonds. The molecule has 0 radical (unpaired) electrons. The number of fused-ring (bicyclic) bond motifs is 1. The minimum Gasteiger partial charge on any atom is -0.484 e. The van der Waals surface area contributed by atoms with Gasteiger partial charge >= 0.3 is 0 Å². The Kier molecular flexibility index (Phi) is 6.08. The van der Waals surface area contributed by atoms with E-state index in [0.717, 1.165) is 23.0 Å². The first-order valence-corrected chi connectivity index (χ1v) is 11.4. The smallest absolute Gasteiger partial charge is 0.219 e. The SMILES string of the molecule is CC(=O)N1CCc2nc(N3CC[C@H](Oc4ccc(F)cc4F)[C@H](F)C3)c(-c3cnn(C)c3)nc2C1. The topological polar surface area (TPSA) is 76.4 Å². The molecule has 184 valence electrons. The van der Waals surface area contributed by atoms with Crippen LogP contribution in [0.3, 0.4) is 0 Å². The molecule has 4 heterocycles. The summed E-state index contributed by atoms with van der Waals surface area (Å²) in [5.74, 6) is -1.24. The van der Waals surface area contributed by atoms with E-state index in [1.165, 1.54) is 13.0 Å². The number of piperidine rings is 1. The Labute approximate surface area is 200 Å². The van der Waals surface area contributed by atoms with E-state index in [1.54, 1.807) is 22.8 Å². The number of carbonyl (C=O) groups is 1. The number of nitrogens with zero attached hydrogens (tertiary/aromatic N) is 6. The normalized spacial score (nSPS) is 20.0. The van der Waals surface area contributed by atoms with Gasteiger partial charge in [-0.3, -0.25) is 9.48 Å². The van der Waals surface area contributed by atoms with E-state index < -0.39 is 23.9 Å². The van der Waals surface area contributed by atoms with Crippen molar-refractivity contribution in [1.82, 2.24) is 24.6 Å². The minimum atomic E-state index is -1.43. The Morgan fingerprint density at radius 1 is 1.17 bits per heavy atom. The Morgan fingerprint density at radius 2 is 2.00 bits per heavy atom. The Bertz CT molecular complexity index is 1270.